The maximum atomic E-state index is 10.8. The molecule has 2 aliphatic rings. The molecule has 14 heavy (non-hydrogen) atoms. The monoisotopic (exact) mass is 195 g/mol. The fraction of sp³-hybridized carbons (Fsp3) is 0.727. The number of fused-ring (bicyclic) bond motifs is 1. The van der Waals surface area contributed by atoms with Crippen LogP contribution in [0.2, 0.25) is 0 Å². The second kappa shape index (κ2) is 3.39. The van der Waals surface area contributed by atoms with Gasteiger partial charge in [-0.1, -0.05) is 11.6 Å². The van der Waals surface area contributed by atoms with Gasteiger partial charge in [0.1, 0.15) is 0 Å². The lowest BCUT2D eigenvalue weighted by Crippen LogP contribution is -2.48. The molecule has 0 radical (unpaired) electrons. The number of aliphatic carboxylic acids is 1. The first-order chi connectivity index (χ1) is 6.68. The quantitative estimate of drug-likeness (QED) is 0.671. The molecule has 0 bridgehead atoms. The zero-order valence-electron chi connectivity index (χ0n) is 8.33. The highest BCUT2D eigenvalue weighted by Crippen LogP contribution is 2.56. The topological polar surface area (TPSA) is 63.3 Å². The fourth-order valence-electron chi connectivity index (χ4n) is 3.00. The number of allylic oxidation sites excluding steroid dienone is 1. The van der Waals surface area contributed by atoms with E-state index in [1.807, 2.05) is 0 Å². The Kier molecular flexibility index (Phi) is 2.35. The summed E-state index contributed by atoms with van der Waals surface area (Å²) in [6, 6.07) is 0. The Hall–Kier alpha value is -0.830. The van der Waals surface area contributed by atoms with Crippen LogP contribution in [0.15, 0.2) is 11.6 Å². The van der Waals surface area contributed by atoms with Crippen LogP contribution in [0.3, 0.4) is 0 Å². The van der Waals surface area contributed by atoms with Crippen LogP contribution in [0.5, 0.6) is 0 Å². The first kappa shape index (κ1) is 9.71. The van der Waals surface area contributed by atoms with Gasteiger partial charge in [0.05, 0.1) is 6.42 Å². The molecule has 3 nitrogen and oxygen atoms in total. The molecule has 3 heteroatoms. The minimum absolute atomic E-state index is 0.184. The summed E-state index contributed by atoms with van der Waals surface area (Å²) in [7, 11) is 0. The van der Waals surface area contributed by atoms with Crippen molar-refractivity contribution in [3.05, 3.63) is 11.6 Å². The van der Waals surface area contributed by atoms with Crippen molar-refractivity contribution >= 4 is 5.97 Å². The highest BCUT2D eigenvalue weighted by molar-refractivity contribution is 5.69. The van der Waals surface area contributed by atoms with E-state index in [-0.39, 0.29) is 11.8 Å². The number of rotatable bonds is 3. The molecule has 0 aromatic heterocycles. The molecule has 0 aliphatic heterocycles. The Morgan fingerprint density at radius 2 is 2.50 bits per heavy atom. The third-order valence-electron chi connectivity index (χ3n) is 3.69. The fourth-order valence-corrected chi connectivity index (χ4v) is 3.00. The Morgan fingerprint density at radius 1 is 1.71 bits per heavy atom. The molecule has 2 aliphatic carbocycles. The van der Waals surface area contributed by atoms with E-state index in [1.165, 1.54) is 18.4 Å². The van der Waals surface area contributed by atoms with Gasteiger partial charge >= 0.3 is 5.97 Å². The number of carboxylic acids is 1. The summed E-state index contributed by atoms with van der Waals surface area (Å²) in [5, 5.41) is 8.85. The molecule has 0 saturated heterocycles. The maximum absolute atomic E-state index is 10.8. The van der Waals surface area contributed by atoms with Crippen LogP contribution in [-0.4, -0.2) is 17.6 Å². The summed E-state index contributed by atoms with van der Waals surface area (Å²) in [5.41, 5.74) is 6.88. The number of carbonyl (C=O) groups is 1. The van der Waals surface area contributed by atoms with Gasteiger partial charge in [0.15, 0.2) is 0 Å². The van der Waals surface area contributed by atoms with Crippen molar-refractivity contribution in [1.82, 2.24) is 0 Å². The Balaban J connectivity index is 2.15. The highest BCUT2D eigenvalue weighted by atomic mass is 16.4. The molecule has 2 atom stereocenters. The van der Waals surface area contributed by atoms with Crippen LogP contribution in [-0.2, 0) is 4.79 Å². The highest BCUT2D eigenvalue weighted by Gasteiger charge is 2.49. The SMILES string of the molecule is NC[C@@]1(CC(=O)O)C[C@@H]2CCCC=C21. The van der Waals surface area contributed by atoms with Gasteiger partial charge in [-0.25, -0.2) is 0 Å². The summed E-state index contributed by atoms with van der Waals surface area (Å²) in [5.74, 6) is -0.0768. The molecular weight excluding hydrogens is 178 g/mol. The minimum Gasteiger partial charge on any atom is -0.481 e. The minimum atomic E-state index is -0.722. The normalized spacial score (nSPS) is 35.5. The molecule has 2 rings (SSSR count). The van der Waals surface area contributed by atoms with Crippen molar-refractivity contribution in [2.24, 2.45) is 17.1 Å². The molecule has 3 N–H and O–H groups in total. The lowest BCUT2D eigenvalue weighted by atomic mass is 9.53. The Bertz CT molecular complexity index is 285. The van der Waals surface area contributed by atoms with Crippen LogP contribution in [0.1, 0.15) is 32.1 Å². The number of hydrogen-bond donors (Lipinski definition) is 2. The lowest BCUT2D eigenvalue weighted by molar-refractivity contribution is -0.140. The largest absolute Gasteiger partial charge is 0.481 e. The van der Waals surface area contributed by atoms with Crippen molar-refractivity contribution in [3.8, 4) is 0 Å². The van der Waals surface area contributed by atoms with Gasteiger partial charge in [0.25, 0.3) is 0 Å². The summed E-state index contributed by atoms with van der Waals surface area (Å²) in [6.07, 6.45) is 7.02. The average molecular weight is 195 g/mol. The van der Waals surface area contributed by atoms with Crippen LogP contribution < -0.4 is 5.73 Å². The van der Waals surface area contributed by atoms with Crippen LogP contribution in [0.25, 0.3) is 0 Å². The van der Waals surface area contributed by atoms with Crippen LogP contribution >= 0.6 is 0 Å². The Morgan fingerprint density at radius 3 is 3.07 bits per heavy atom. The molecule has 0 aromatic carbocycles. The van der Waals surface area contributed by atoms with Crippen molar-refractivity contribution in [2.75, 3.05) is 6.54 Å². The number of carboxylic acid groups (broad SMARTS) is 1. The standard InChI is InChI=1S/C11H17NO2/c12-7-11(6-10(13)14)5-8-3-1-2-4-9(8)11/h4,8H,1-3,5-7,12H2,(H,13,14)/t8-,11-/m0/s1. The molecule has 0 aromatic rings. The maximum Gasteiger partial charge on any atom is 0.304 e. The Labute approximate surface area is 84.0 Å². The van der Waals surface area contributed by atoms with E-state index >= 15 is 0 Å². The van der Waals surface area contributed by atoms with Gasteiger partial charge in [-0.3, -0.25) is 4.79 Å². The number of nitrogens with two attached hydrogens (primary N) is 1. The van der Waals surface area contributed by atoms with Gasteiger partial charge in [-0.15, -0.1) is 0 Å². The predicted molar refractivity (Wildman–Crippen MR) is 53.8 cm³/mol. The summed E-state index contributed by atoms with van der Waals surface area (Å²) >= 11 is 0. The van der Waals surface area contributed by atoms with Gasteiger partial charge in [0, 0.05) is 12.0 Å². The van der Waals surface area contributed by atoms with E-state index in [2.05, 4.69) is 6.08 Å². The van der Waals surface area contributed by atoms with Crippen molar-refractivity contribution in [1.29, 1.82) is 0 Å². The zero-order chi connectivity index (χ0) is 10.2. The van der Waals surface area contributed by atoms with E-state index < -0.39 is 5.97 Å². The van der Waals surface area contributed by atoms with Crippen molar-refractivity contribution in [2.45, 2.75) is 32.1 Å². The first-order valence-electron chi connectivity index (χ1n) is 5.30. The van der Waals surface area contributed by atoms with E-state index in [0.29, 0.717) is 12.5 Å². The molecular formula is C11H17NO2. The van der Waals surface area contributed by atoms with Crippen LogP contribution in [0.4, 0.5) is 0 Å². The number of hydrogen-bond acceptors (Lipinski definition) is 2. The van der Waals surface area contributed by atoms with E-state index in [0.717, 1.165) is 12.8 Å². The predicted octanol–water partition coefficient (Wildman–Crippen LogP) is 1.54. The van der Waals surface area contributed by atoms with Crippen LogP contribution in [0, 0.1) is 11.3 Å². The second-order valence-electron chi connectivity index (χ2n) is 4.55. The second-order valence-corrected chi connectivity index (χ2v) is 4.55. The molecule has 0 heterocycles. The summed E-state index contributed by atoms with van der Waals surface area (Å²) in [6.45, 7) is 0.488. The van der Waals surface area contributed by atoms with E-state index in [4.69, 9.17) is 10.8 Å². The molecule has 1 saturated carbocycles. The van der Waals surface area contributed by atoms with E-state index in [1.54, 1.807) is 0 Å². The smallest absolute Gasteiger partial charge is 0.304 e. The molecule has 1 fully saturated rings. The molecule has 0 amide bonds. The molecule has 0 unspecified atom stereocenters. The molecule has 0 spiro atoms. The van der Waals surface area contributed by atoms with Gasteiger partial charge in [0.2, 0.25) is 0 Å². The zero-order valence-corrected chi connectivity index (χ0v) is 8.33. The van der Waals surface area contributed by atoms with Crippen molar-refractivity contribution < 1.29 is 9.90 Å². The first-order valence-corrected chi connectivity index (χ1v) is 5.30. The van der Waals surface area contributed by atoms with Gasteiger partial charge in [-0.05, 0) is 31.6 Å². The third-order valence-corrected chi connectivity index (χ3v) is 3.69. The lowest BCUT2D eigenvalue weighted by Gasteiger charge is -2.51. The molecule has 78 valence electrons. The van der Waals surface area contributed by atoms with E-state index in [9.17, 15) is 4.79 Å². The summed E-state index contributed by atoms with van der Waals surface area (Å²) in [4.78, 5) is 10.8. The summed E-state index contributed by atoms with van der Waals surface area (Å²) < 4.78 is 0. The average Bonchev–Trinajstić information content (AvgIpc) is 2.13. The van der Waals surface area contributed by atoms with Crippen molar-refractivity contribution in [3.63, 3.8) is 0 Å². The van der Waals surface area contributed by atoms with Gasteiger partial charge < -0.3 is 10.8 Å². The third kappa shape index (κ3) is 1.36. The van der Waals surface area contributed by atoms with Gasteiger partial charge in [-0.2, -0.15) is 0 Å².